The van der Waals surface area contributed by atoms with Crippen LogP contribution in [0.4, 0.5) is 0 Å². The maximum atomic E-state index is 12.3. The van der Waals surface area contributed by atoms with Crippen molar-refractivity contribution in [3.63, 3.8) is 0 Å². The van der Waals surface area contributed by atoms with Crippen LogP contribution >= 0.6 is 0 Å². The second-order valence-electron chi connectivity index (χ2n) is 5.65. The fourth-order valence-electron chi connectivity index (χ4n) is 3.06. The number of hydrogen-bond acceptors (Lipinski definition) is 2. The van der Waals surface area contributed by atoms with Crippen LogP contribution in [0.5, 0.6) is 0 Å². The molecule has 1 atom stereocenters. The van der Waals surface area contributed by atoms with Gasteiger partial charge in [-0.2, -0.15) is 5.10 Å². The van der Waals surface area contributed by atoms with Crippen LogP contribution in [-0.2, 0) is 7.05 Å². The number of nitrogens with one attached hydrogen (secondary N) is 1. The zero-order chi connectivity index (χ0) is 13.8. The maximum Gasteiger partial charge on any atom is 0.254 e. The van der Waals surface area contributed by atoms with Gasteiger partial charge >= 0.3 is 0 Å². The summed E-state index contributed by atoms with van der Waals surface area (Å²) in [6, 6.07) is 0.312. The van der Waals surface area contributed by atoms with Crippen molar-refractivity contribution in [1.29, 1.82) is 0 Å². The number of carbonyl (C=O) groups is 1. The molecule has 1 aliphatic rings. The lowest BCUT2D eigenvalue weighted by atomic mass is 9.83. The molecular weight excluding hydrogens is 238 g/mol. The zero-order valence-electron chi connectivity index (χ0n) is 12.3. The lowest BCUT2D eigenvalue weighted by Gasteiger charge is -2.30. The van der Waals surface area contributed by atoms with E-state index in [-0.39, 0.29) is 5.91 Å². The van der Waals surface area contributed by atoms with Crippen molar-refractivity contribution in [3.8, 4) is 0 Å². The molecule has 0 radical (unpaired) electrons. The first-order chi connectivity index (χ1) is 9.13. The molecule has 1 aromatic rings. The van der Waals surface area contributed by atoms with Gasteiger partial charge in [-0.15, -0.1) is 0 Å². The van der Waals surface area contributed by atoms with Crippen molar-refractivity contribution in [2.24, 2.45) is 13.0 Å². The molecule has 0 bridgehead atoms. The number of aromatic nitrogens is 2. The van der Waals surface area contributed by atoms with Crippen molar-refractivity contribution >= 4 is 5.91 Å². The first-order valence-electron chi connectivity index (χ1n) is 7.43. The third-order valence-electron chi connectivity index (χ3n) is 4.46. The summed E-state index contributed by atoms with van der Waals surface area (Å²) in [4.78, 5) is 12.3. The van der Waals surface area contributed by atoms with Gasteiger partial charge in [-0.05, 0) is 32.1 Å². The normalized spacial score (nSPS) is 18.3. The molecule has 0 saturated heterocycles. The summed E-state index contributed by atoms with van der Waals surface area (Å²) in [5, 5.41) is 7.35. The highest BCUT2D eigenvalue weighted by atomic mass is 16.1. The number of carbonyl (C=O) groups excluding carboxylic acids is 1. The molecule has 19 heavy (non-hydrogen) atoms. The van der Waals surface area contributed by atoms with Gasteiger partial charge in [0.15, 0.2) is 0 Å². The molecule has 106 valence electrons. The van der Waals surface area contributed by atoms with Crippen LogP contribution in [-0.4, -0.2) is 21.7 Å². The Bertz CT molecular complexity index is 433. The van der Waals surface area contributed by atoms with Gasteiger partial charge in [0.25, 0.3) is 5.91 Å². The molecule has 1 N–H and O–H groups in total. The molecule has 0 spiro atoms. The SMILES string of the molecule is CC[C@@H](NC(=O)c1cnn(C)c1C)C1CCCCC1. The number of aryl methyl sites for hydroxylation is 1. The Morgan fingerprint density at radius 1 is 1.47 bits per heavy atom. The quantitative estimate of drug-likeness (QED) is 0.908. The minimum atomic E-state index is 0.0306. The zero-order valence-corrected chi connectivity index (χ0v) is 12.3. The van der Waals surface area contributed by atoms with Crippen molar-refractivity contribution in [2.45, 2.75) is 58.4 Å². The van der Waals surface area contributed by atoms with Gasteiger partial charge < -0.3 is 5.32 Å². The van der Waals surface area contributed by atoms with Crippen LogP contribution in [0.25, 0.3) is 0 Å². The Hall–Kier alpha value is -1.32. The summed E-state index contributed by atoms with van der Waals surface area (Å²) in [7, 11) is 1.87. The highest BCUT2D eigenvalue weighted by Gasteiger charge is 2.25. The Morgan fingerprint density at radius 2 is 2.16 bits per heavy atom. The minimum absolute atomic E-state index is 0.0306. The number of amides is 1. The molecule has 2 rings (SSSR count). The maximum absolute atomic E-state index is 12.3. The van der Waals surface area contributed by atoms with Gasteiger partial charge in [0.05, 0.1) is 11.8 Å². The second-order valence-corrected chi connectivity index (χ2v) is 5.65. The average Bonchev–Trinajstić information content (AvgIpc) is 2.77. The van der Waals surface area contributed by atoms with Crippen LogP contribution < -0.4 is 5.32 Å². The molecule has 4 heteroatoms. The van der Waals surface area contributed by atoms with Crippen molar-refractivity contribution < 1.29 is 4.79 Å². The van der Waals surface area contributed by atoms with E-state index in [1.54, 1.807) is 10.9 Å². The highest BCUT2D eigenvalue weighted by Crippen LogP contribution is 2.27. The molecule has 1 heterocycles. The van der Waals surface area contributed by atoms with E-state index >= 15 is 0 Å². The van der Waals surface area contributed by atoms with Crippen molar-refractivity contribution in [1.82, 2.24) is 15.1 Å². The van der Waals surface area contributed by atoms with E-state index in [0.717, 1.165) is 12.1 Å². The molecule has 4 nitrogen and oxygen atoms in total. The number of hydrogen-bond donors (Lipinski definition) is 1. The lowest BCUT2D eigenvalue weighted by molar-refractivity contribution is 0.0910. The van der Waals surface area contributed by atoms with Gasteiger partial charge in [0.1, 0.15) is 0 Å². The molecule has 0 unspecified atom stereocenters. The molecule has 1 aliphatic carbocycles. The number of rotatable bonds is 4. The Morgan fingerprint density at radius 3 is 2.68 bits per heavy atom. The topological polar surface area (TPSA) is 46.9 Å². The van der Waals surface area contributed by atoms with Gasteiger partial charge in [-0.1, -0.05) is 26.2 Å². The minimum Gasteiger partial charge on any atom is -0.349 e. The van der Waals surface area contributed by atoms with E-state index in [0.29, 0.717) is 17.5 Å². The molecular formula is C15H25N3O. The van der Waals surface area contributed by atoms with Crippen molar-refractivity contribution in [3.05, 3.63) is 17.5 Å². The third-order valence-corrected chi connectivity index (χ3v) is 4.46. The van der Waals surface area contributed by atoms with E-state index in [2.05, 4.69) is 17.3 Å². The predicted molar refractivity (Wildman–Crippen MR) is 76.1 cm³/mol. The van der Waals surface area contributed by atoms with Crippen LogP contribution in [0.3, 0.4) is 0 Å². The van der Waals surface area contributed by atoms with E-state index in [1.807, 2.05) is 14.0 Å². The standard InChI is InChI=1S/C15H25N3O/c1-4-14(12-8-6-5-7-9-12)17-15(19)13-10-16-18(3)11(13)2/h10,12,14H,4-9H2,1-3H3,(H,17,19)/t14-/m1/s1. The predicted octanol–water partition coefficient (Wildman–Crippen LogP) is 2.82. The Kier molecular flexibility index (Phi) is 4.61. The average molecular weight is 263 g/mol. The third kappa shape index (κ3) is 3.17. The van der Waals surface area contributed by atoms with E-state index in [4.69, 9.17) is 0 Å². The lowest BCUT2D eigenvalue weighted by Crippen LogP contribution is -2.40. The molecule has 0 aromatic carbocycles. The van der Waals surface area contributed by atoms with E-state index in [1.165, 1.54) is 32.1 Å². The summed E-state index contributed by atoms with van der Waals surface area (Å²) < 4.78 is 1.75. The number of nitrogens with zero attached hydrogens (tertiary/aromatic N) is 2. The van der Waals surface area contributed by atoms with Gasteiger partial charge in [0, 0.05) is 18.8 Å². The summed E-state index contributed by atoms with van der Waals surface area (Å²) in [5.74, 6) is 0.683. The van der Waals surface area contributed by atoms with Gasteiger partial charge in [-0.25, -0.2) is 0 Å². The Balaban J connectivity index is 2.01. The summed E-state index contributed by atoms with van der Waals surface area (Å²) >= 11 is 0. The van der Waals surface area contributed by atoms with Crippen LogP contribution in [0.2, 0.25) is 0 Å². The van der Waals surface area contributed by atoms with Crippen molar-refractivity contribution in [2.75, 3.05) is 0 Å². The van der Waals surface area contributed by atoms with E-state index in [9.17, 15) is 4.79 Å². The summed E-state index contributed by atoms with van der Waals surface area (Å²) in [5.41, 5.74) is 1.63. The summed E-state index contributed by atoms with van der Waals surface area (Å²) in [6.45, 7) is 4.10. The van der Waals surface area contributed by atoms with Gasteiger partial charge in [-0.3, -0.25) is 9.48 Å². The first kappa shape index (κ1) is 14.1. The van der Waals surface area contributed by atoms with Crippen LogP contribution in [0.15, 0.2) is 6.20 Å². The molecule has 0 aliphatic heterocycles. The first-order valence-corrected chi connectivity index (χ1v) is 7.43. The fourth-order valence-corrected chi connectivity index (χ4v) is 3.06. The molecule has 1 aromatic heterocycles. The summed E-state index contributed by atoms with van der Waals surface area (Å²) in [6.07, 6.45) is 9.15. The van der Waals surface area contributed by atoms with E-state index < -0.39 is 0 Å². The molecule has 1 saturated carbocycles. The molecule has 1 fully saturated rings. The fraction of sp³-hybridized carbons (Fsp3) is 0.733. The Labute approximate surface area is 115 Å². The smallest absolute Gasteiger partial charge is 0.254 e. The largest absolute Gasteiger partial charge is 0.349 e. The second kappa shape index (κ2) is 6.22. The van der Waals surface area contributed by atoms with Crippen LogP contribution in [0.1, 0.15) is 61.5 Å². The molecule has 1 amide bonds. The van der Waals surface area contributed by atoms with Crippen LogP contribution in [0, 0.1) is 12.8 Å². The highest BCUT2D eigenvalue weighted by molar-refractivity contribution is 5.95. The monoisotopic (exact) mass is 263 g/mol. The van der Waals surface area contributed by atoms with Gasteiger partial charge in [0.2, 0.25) is 0 Å².